The van der Waals surface area contributed by atoms with Gasteiger partial charge >= 0.3 is 5.69 Å². The number of nitrogens with two attached hydrogens (primary N) is 1. The highest BCUT2D eigenvalue weighted by Gasteiger charge is 2.26. The Morgan fingerprint density at radius 3 is 2.81 bits per heavy atom. The highest BCUT2D eigenvalue weighted by molar-refractivity contribution is 6.15. The van der Waals surface area contributed by atoms with Crippen molar-refractivity contribution in [2.45, 2.75) is 39.2 Å². The fourth-order valence-corrected chi connectivity index (χ4v) is 4.92. The van der Waals surface area contributed by atoms with Gasteiger partial charge in [-0.05, 0) is 61.9 Å². The Kier molecular flexibility index (Phi) is 6.58. The van der Waals surface area contributed by atoms with E-state index in [2.05, 4.69) is 44.0 Å². The zero-order valence-corrected chi connectivity index (χ0v) is 20.8. The van der Waals surface area contributed by atoms with Crippen LogP contribution in [0.4, 0.5) is 0 Å². The fraction of sp³-hybridized carbons (Fsp3) is 0.423. The summed E-state index contributed by atoms with van der Waals surface area (Å²) in [5.41, 5.74) is 4.12. The molecule has 2 N–H and O–H groups in total. The number of carbonyl (C=O) groups is 1. The maximum Gasteiger partial charge on any atom is 0.350 e. The van der Waals surface area contributed by atoms with Crippen LogP contribution in [0.15, 0.2) is 45.2 Å². The lowest BCUT2D eigenvalue weighted by atomic mass is 10.1. The van der Waals surface area contributed by atoms with Crippen molar-refractivity contribution in [3.63, 3.8) is 0 Å². The van der Waals surface area contributed by atoms with Crippen molar-refractivity contribution in [3.8, 4) is 5.69 Å². The van der Waals surface area contributed by atoms with Gasteiger partial charge in [-0.2, -0.15) is 10.2 Å². The van der Waals surface area contributed by atoms with Crippen molar-refractivity contribution >= 4 is 34.8 Å². The quantitative estimate of drug-likeness (QED) is 0.297. The van der Waals surface area contributed by atoms with Crippen LogP contribution < -0.4 is 11.5 Å². The van der Waals surface area contributed by atoms with Gasteiger partial charge in [-0.3, -0.25) is 9.79 Å². The molecule has 2 aromatic heterocycles. The summed E-state index contributed by atoms with van der Waals surface area (Å²) in [4.78, 5) is 31.5. The average Bonchev–Trinajstić information content (AvgIpc) is 3.57. The average molecular weight is 489 g/mol. The third-order valence-corrected chi connectivity index (χ3v) is 6.91. The number of nitrogens with zero attached hydrogens (tertiary/aromatic N) is 7. The summed E-state index contributed by atoms with van der Waals surface area (Å²) in [5, 5.41) is 8.72. The second-order valence-corrected chi connectivity index (χ2v) is 9.55. The van der Waals surface area contributed by atoms with Crippen molar-refractivity contribution < 1.29 is 4.79 Å². The Morgan fingerprint density at radius 2 is 2.08 bits per heavy atom. The molecule has 1 saturated carbocycles. The second kappa shape index (κ2) is 9.96. The lowest BCUT2D eigenvalue weighted by Crippen LogP contribution is -2.36. The van der Waals surface area contributed by atoms with Crippen LogP contribution in [0.2, 0.25) is 0 Å². The third kappa shape index (κ3) is 4.75. The van der Waals surface area contributed by atoms with E-state index in [0.717, 1.165) is 35.2 Å². The molecular formula is C26H32N8O2. The molecule has 0 unspecified atom stereocenters. The lowest BCUT2D eigenvalue weighted by Gasteiger charge is -2.28. The molecule has 2 aliphatic rings. The Hall–Kier alpha value is -3.95. The first-order valence-corrected chi connectivity index (χ1v) is 12.4. The van der Waals surface area contributed by atoms with E-state index in [1.165, 1.54) is 35.5 Å². The van der Waals surface area contributed by atoms with Crippen molar-refractivity contribution in [1.29, 1.82) is 0 Å². The zero-order chi connectivity index (χ0) is 25.2. The van der Waals surface area contributed by atoms with Gasteiger partial charge in [0.15, 0.2) is 0 Å². The summed E-state index contributed by atoms with van der Waals surface area (Å²) in [6.45, 7) is 4.52. The lowest BCUT2D eigenvalue weighted by molar-refractivity contribution is -0.130. The molecule has 5 rings (SSSR count). The number of carbonyl (C=O) groups excluding carboxylic acids is 1. The van der Waals surface area contributed by atoms with Crippen LogP contribution in [-0.4, -0.2) is 61.8 Å². The minimum Gasteiger partial charge on any atom is -0.340 e. The number of aliphatic imine (C=N–C) groups is 1. The van der Waals surface area contributed by atoms with Gasteiger partial charge in [-0.1, -0.05) is 6.08 Å². The largest absolute Gasteiger partial charge is 0.350 e. The van der Waals surface area contributed by atoms with Gasteiger partial charge in [0.05, 0.1) is 11.9 Å². The van der Waals surface area contributed by atoms with Crippen molar-refractivity contribution in [1.82, 2.24) is 23.8 Å². The summed E-state index contributed by atoms with van der Waals surface area (Å²) in [6.07, 6.45) is 8.86. The zero-order valence-electron chi connectivity index (χ0n) is 20.8. The Labute approximate surface area is 209 Å². The number of aromatic nitrogens is 4. The van der Waals surface area contributed by atoms with Crippen LogP contribution in [-0.2, 0) is 18.4 Å². The van der Waals surface area contributed by atoms with E-state index in [1.807, 2.05) is 17.9 Å². The second-order valence-electron chi connectivity index (χ2n) is 9.55. The van der Waals surface area contributed by atoms with Gasteiger partial charge in [-0.25, -0.2) is 14.0 Å². The molecule has 188 valence electrons. The number of amides is 1. The molecule has 0 radical (unpaired) electrons. The van der Waals surface area contributed by atoms with E-state index in [0.29, 0.717) is 37.8 Å². The third-order valence-electron chi connectivity index (χ3n) is 6.91. The molecule has 1 fully saturated rings. The summed E-state index contributed by atoms with van der Waals surface area (Å²) in [5.74, 6) is 6.51. The molecule has 0 bridgehead atoms. The number of hydrogen-bond acceptors (Lipinski definition) is 6. The minimum absolute atomic E-state index is 0.0982. The van der Waals surface area contributed by atoms with Crippen LogP contribution in [0, 0.1) is 12.8 Å². The summed E-state index contributed by atoms with van der Waals surface area (Å²) < 4.78 is 5.39. The number of hydrazone groups is 1. The molecule has 0 spiro atoms. The van der Waals surface area contributed by atoms with E-state index in [9.17, 15) is 9.59 Å². The molecule has 3 aromatic rings. The van der Waals surface area contributed by atoms with Gasteiger partial charge < -0.3 is 15.3 Å². The number of benzene rings is 1. The molecule has 3 heterocycles. The van der Waals surface area contributed by atoms with Crippen molar-refractivity contribution in [2.24, 2.45) is 28.9 Å². The molecule has 1 aliphatic heterocycles. The molecule has 1 aromatic carbocycles. The van der Waals surface area contributed by atoms with E-state index < -0.39 is 0 Å². The molecule has 0 saturated heterocycles. The van der Waals surface area contributed by atoms with Gasteiger partial charge in [0.25, 0.3) is 0 Å². The maximum atomic E-state index is 12.8. The molecule has 1 amide bonds. The monoisotopic (exact) mass is 488 g/mol. The first-order valence-electron chi connectivity index (χ1n) is 12.4. The van der Waals surface area contributed by atoms with Crippen LogP contribution in [0.5, 0.6) is 0 Å². The summed E-state index contributed by atoms with van der Waals surface area (Å²) in [6, 6.07) is 8.36. The number of rotatable bonds is 8. The Bertz CT molecular complexity index is 1430. The summed E-state index contributed by atoms with van der Waals surface area (Å²) >= 11 is 0. The van der Waals surface area contributed by atoms with E-state index >= 15 is 0 Å². The molecule has 10 nitrogen and oxygen atoms in total. The Balaban J connectivity index is 1.44. The smallest absolute Gasteiger partial charge is 0.340 e. The first-order chi connectivity index (χ1) is 17.5. The number of hydrogen-bond donors (Lipinski definition) is 1. The predicted octanol–water partition coefficient (Wildman–Crippen LogP) is 2.27. The highest BCUT2D eigenvalue weighted by Crippen LogP contribution is 2.36. The summed E-state index contributed by atoms with van der Waals surface area (Å²) in [7, 11) is 1.66. The molecule has 10 heteroatoms. The number of fused-ring (bicyclic) bond motifs is 1. The molecular weight excluding hydrogens is 456 g/mol. The maximum absolute atomic E-state index is 12.8. The van der Waals surface area contributed by atoms with Gasteiger partial charge in [0, 0.05) is 62.5 Å². The number of aryl methyl sites for hydroxylation is 2. The van der Waals surface area contributed by atoms with Gasteiger partial charge in [0.1, 0.15) is 5.82 Å². The first kappa shape index (κ1) is 23.8. The van der Waals surface area contributed by atoms with Crippen LogP contribution in [0.3, 0.4) is 0 Å². The van der Waals surface area contributed by atoms with E-state index in [-0.39, 0.29) is 11.6 Å². The van der Waals surface area contributed by atoms with E-state index in [4.69, 9.17) is 5.84 Å². The van der Waals surface area contributed by atoms with Crippen LogP contribution >= 0.6 is 0 Å². The van der Waals surface area contributed by atoms with Crippen molar-refractivity contribution in [2.75, 3.05) is 19.6 Å². The predicted molar refractivity (Wildman–Crippen MR) is 142 cm³/mol. The molecule has 36 heavy (non-hydrogen) atoms. The van der Waals surface area contributed by atoms with Crippen LogP contribution in [0.1, 0.15) is 37.2 Å². The molecule has 1 aliphatic carbocycles. The standard InChI is InChI=1S/C26H32N8O2/c1-18-30-31(2)26(36)34(18)22-7-8-23-21(14-22)15-24(33(23)16-19-5-6-19)20-4-3-13-32(17-20)25(35)9-10-28-11-12-29-27/h4,7-8,11-12,14-15,19H,3,5-6,9-10,13,16-17,27H2,1-2H3/b28-11?,29-12-. The highest BCUT2D eigenvalue weighted by atomic mass is 16.2. The van der Waals surface area contributed by atoms with Crippen LogP contribution in [0.25, 0.3) is 22.2 Å². The topological polar surface area (TPSA) is 116 Å². The van der Waals surface area contributed by atoms with Gasteiger partial charge in [0.2, 0.25) is 5.91 Å². The normalized spacial score (nSPS) is 16.5. The minimum atomic E-state index is -0.159. The Morgan fingerprint density at radius 1 is 1.25 bits per heavy atom. The molecule has 0 atom stereocenters. The fourth-order valence-electron chi connectivity index (χ4n) is 4.92. The van der Waals surface area contributed by atoms with E-state index in [1.54, 1.807) is 11.6 Å². The van der Waals surface area contributed by atoms with Crippen molar-refractivity contribution in [3.05, 3.63) is 52.3 Å². The SMILES string of the molecule is Cc1nn(C)c(=O)n1-c1ccc2c(c1)cc(C1=CCCN(C(=O)CCN=C/C=N\N)C1)n2CC1CC1. The van der Waals surface area contributed by atoms with Gasteiger partial charge in [-0.15, -0.1) is 0 Å².